The van der Waals surface area contributed by atoms with Gasteiger partial charge in [-0.25, -0.2) is 0 Å². The number of hydrogen-bond donors (Lipinski definition) is 1. The Kier molecular flexibility index (Phi) is 4.88. The minimum absolute atomic E-state index is 0.290. The summed E-state index contributed by atoms with van der Waals surface area (Å²) in [5.74, 6) is 0. The maximum Gasteiger partial charge on any atom is 0.0746 e. The number of thiocarbonyl (C=S) groups is 1. The van der Waals surface area contributed by atoms with E-state index in [0.717, 1.165) is 19.6 Å². The molecule has 0 aromatic heterocycles. The number of hydrogen-bond acceptors (Lipinski definition) is 3. The molecule has 114 valence electrons. The zero-order valence-electron chi connectivity index (χ0n) is 12.4. The number of nitrogens with two attached hydrogens (primary N) is 1. The van der Waals surface area contributed by atoms with Crippen LogP contribution in [0.3, 0.4) is 0 Å². The summed E-state index contributed by atoms with van der Waals surface area (Å²) in [7, 11) is 0. The SMILES string of the molecule is NC(=S)CC(c1ccccc1)N1CCOC2CCCCC21. The molecule has 2 N–H and O–H groups in total. The highest BCUT2D eigenvalue weighted by molar-refractivity contribution is 7.80. The molecule has 1 aliphatic carbocycles. The third-order valence-electron chi connectivity index (χ3n) is 4.75. The highest BCUT2D eigenvalue weighted by Crippen LogP contribution is 2.35. The first-order valence-corrected chi connectivity index (χ1v) is 8.37. The Morgan fingerprint density at radius 3 is 2.81 bits per heavy atom. The summed E-state index contributed by atoms with van der Waals surface area (Å²) in [4.78, 5) is 3.20. The summed E-state index contributed by atoms with van der Waals surface area (Å²) >= 11 is 5.21. The quantitative estimate of drug-likeness (QED) is 0.868. The number of nitrogens with zero attached hydrogens (tertiary/aromatic N) is 1. The zero-order chi connectivity index (χ0) is 14.7. The highest BCUT2D eigenvalue weighted by atomic mass is 32.1. The number of rotatable bonds is 4. The molecule has 1 heterocycles. The lowest BCUT2D eigenvalue weighted by Crippen LogP contribution is -2.54. The minimum Gasteiger partial charge on any atom is -0.393 e. The average molecular weight is 304 g/mol. The Bertz CT molecular complexity index is 477. The Morgan fingerprint density at radius 2 is 2.05 bits per heavy atom. The summed E-state index contributed by atoms with van der Waals surface area (Å²) in [6.45, 7) is 1.80. The van der Waals surface area contributed by atoms with Crippen molar-refractivity contribution in [3.8, 4) is 0 Å². The van der Waals surface area contributed by atoms with Crippen LogP contribution < -0.4 is 5.73 Å². The standard InChI is InChI=1S/C17H24N2OS/c18-17(21)12-15(13-6-2-1-3-7-13)19-10-11-20-16-9-5-4-8-14(16)19/h1-3,6-7,14-16H,4-5,8-12H2,(H2,18,21). The summed E-state index contributed by atoms with van der Waals surface area (Å²) in [6.07, 6.45) is 6.16. The maximum absolute atomic E-state index is 6.00. The summed E-state index contributed by atoms with van der Waals surface area (Å²) < 4.78 is 6.00. The molecule has 3 atom stereocenters. The van der Waals surface area contributed by atoms with E-state index < -0.39 is 0 Å². The van der Waals surface area contributed by atoms with Crippen molar-refractivity contribution >= 4 is 17.2 Å². The van der Waals surface area contributed by atoms with Crippen molar-refractivity contribution in [2.24, 2.45) is 5.73 Å². The predicted molar refractivity (Wildman–Crippen MR) is 89.3 cm³/mol. The van der Waals surface area contributed by atoms with Gasteiger partial charge in [-0.2, -0.15) is 0 Å². The van der Waals surface area contributed by atoms with Gasteiger partial charge in [-0.05, 0) is 18.4 Å². The third-order valence-corrected chi connectivity index (χ3v) is 4.92. The normalized spacial score (nSPS) is 27.8. The fourth-order valence-corrected chi connectivity index (χ4v) is 3.96. The molecule has 1 aliphatic heterocycles. The number of ether oxygens (including phenoxy) is 1. The molecular weight excluding hydrogens is 280 g/mol. The Balaban J connectivity index is 1.86. The summed E-state index contributed by atoms with van der Waals surface area (Å²) in [6, 6.07) is 11.4. The van der Waals surface area contributed by atoms with Crippen LogP contribution in [-0.2, 0) is 4.74 Å². The largest absolute Gasteiger partial charge is 0.393 e. The summed E-state index contributed by atoms with van der Waals surface area (Å²) in [5, 5.41) is 0. The van der Waals surface area contributed by atoms with Gasteiger partial charge in [-0.15, -0.1) is 0 Å². The lowest BCUT2D eigenvalue weighted by Gasteiger charge is -2.47. The zero-order valence-corrected chi connectivity index (χ0v) is 13.2. The minimum atomic E-state index is 0.290. The number of fused-ring (bicyclic) bond motifs is 1. The van der Waals surface area contributed by atoms with Gasteiger partial charge in [0.15, 0.2) is 0 Å². The molecule has 3 unspecified atom stereocenters. The molecule has 0 spiro atoms. The lowest BCUT2D eigenvalue weighted by atomic mass is 9.87. The number of morpholine rings is 1. The average Bonchev–Trinajstić information content (AvgIpc) is 2.53. The topological polar surface area (TPSA) is 38.5 Å². The van der Waals surface area contributed by atoms with E-state index in [-0.39, 0.29) is 0 Å². The van der Waals surface area contributed by atoms with Crippen LogP contribution in [0.2, 0.25) is 0 Å². The molecule has 0 radical (unpaired) electrons. The lowest BCUT2D eigenvalue weighted by molar-refractivity contribution is -0.102. The van der Waals surface area contributed by atoms with Crippen LogP contribution in [0.4, 0.5) is 0 Å². The van der Waals surface area contributed by atoms with Crippen LogP contribution in [0, 0.1) is 0 Å². The first-order chi connectivity index (χ1) is 10.3. The van der Waals surface area contributed by atoms with Crippen LogP contribution in [0.5, 0.6) is 0 Å². The second-order valence-corrected chi connectivity index (χ2v) is 6.62. The van der Waals surface area contributed by atoms with Crippen LogP contribution in [0.25, 0.3) is 0 Å². The molecule has 0 bridgehead atoms. The van der Waals surface area contributed by atoms with E-state index in [1.807, 2.05) is 0 Å². The van der Waals surface area contributed by atoms with Gasteiger partial charge < -0.3 is 10.5 Å². The monoisotopic (exact) mass is 304 g/mol. The van der Waals surface area contributed by atoms with E-state index in [2.05, 4.69) is 35.2 Å². The third kappa shape index (κ3) is 3.44. The van der Waals surface area contributed by atoms with Crippen LogP contribution in [0.15, 0.2) is 30.3 Å². The molecule has 2 fully saturated rings. The Hall–Kier alpha value is -0.970. The van der Waals surface area contributed by atoms with Crippen LogP contribution >= 0.6 is 12.2 Å². The second kappa shape index (κ2) is 6.86. The van der Waals surface area contributed by atoms with E-state index in [4.69, 9.17) is 22.7 Å². The van der Waals surface area contributed by atoms with Crippen molar-refractivity contribution < 1.29 is 4.74 Å². The molecule has 1 saturated heterocycles. The molecule has 21 heavy (non-hydrogen) atoms. The smallest absolute Gasteiger partial charge is 0.0746 e. The summed E-state index contributed by atoms with van der Waals surface area (Å²) in [5.41, 5.74) is 7.20. The van der Waals surface area contributed by atoms with E-state index in [9.17, 15) is 0 Å². The van der Waals surface area contributed by atoms with Gasteiger partial charge in [0.25, 0.3) is 0 Å². The van der Waals surface area contributed by atoms with Gasteiger partial charge in [0.05, 0.1) is 17.7 Å². The fourth-order valence-electron chi connectivity index (χ4n) is 3.81. The fraction of sp³-hybridized carbons (Fsp3) is 0.588. The number of benzene rings is 1. The Morgan fingerprint density at radius 1 is 1.29 bits per heavy atom. The van der Waals surface area contributed by atoms with Gasteiger partial charge in [0, 0.05) is 25.0 Å². The van der Waals surface area contributed by atoms with Gasteiger partial charge in [0.2, 0.25) is 0 Å². The van der Waals surface area contributed by atoms with Crippen molar-refractivity contribution in [2.75, 3.05) is 13.2 Å². The molecule has 1 aromatic rings. The second-order valence-electron chi connectivity index (χ2n) is 6.10. The van der Waals surface area contributed by atoms with E-state index in [1.165, 1.54) is 31.2 Å². The molecule has 3 nitrogen and oxygen atoms in total. The molecule has 0 amide bonds. The van der Waals surface area contributed by atoms with Gasteiger partial charge in [0.1, 0.15) is 0 Å². The van der Waals surface area contributed by atoms with E-state index >= 15 is 0 Å². The maximum atomic E-state index is 6.00. The molecular formula is C17H24N2OS. The van der Waals surface area contributed by atoms with Gasteiger partial charge >= 0.3 is 0 Å². The predicted octanol–water partition coefficient (Wildman–Crippen LogP) is 3.05. The molecule has 1 aromatic carbocycles. The van der Waals surface area contributed by atoms with E-state index in [1.54, 1.807) is 0 Å². The van der Waals surface area contributed by atoms with Crippen LogP contribution in [-0.4, -0.2) is 35.2 Å². The van der Waals surface area contributed by atoms with Gasteiger partial charge in [-0.1, -0.05) is 55.4 Å². The van der Waals surface area contributed by atoms with Crippen molar-refractivity contribution in [3.63, 3.8) is 0 Å². The highest BCUT2D eigenvalue weighted by Gasteiger charge is 2.38. The van der Waals surface area contributed by atoms with E-state index in [0.29, 0.717) is 23.2 Å². The van der Waals surface area contributed by atoms with Crippen molar-refractivity contribution in [1.82, 2.24) is 4.90 Å². The Labute approximate surface area is 132 Å². The first kappa shape index (κ1) is 14.9. The van der Waals surface area contributed by atoms with Crippen molar-refractivity contribution in [1.29, 1.82) is 0 Å². The van der Waals surface area contributed by atoms with Crippen molar-refractivity contribution in [2.45, 2.75) is 50.3 Å². The molecule has 2 aliphatic rings. The van der Waals surface area contributed by atoms with Crippen molar-refractivity contribution in [3.05, 3.63) is 35.9 Å². The van der Waals surface area contributed by atoms with Crippen LogP contribution in [0.1, 0.15) is 43.7 Å². The molecule has 4 heteroatoms. The first-order valence-electron chi connectivity index (χ1n) is 7.96. The molecule has 1 saturated carbocycles. The molecule has 3 rings (SSSR count). The van der Waals surface area contributed by atoms with Gasteiger partial charge in [-0.3, -0.25) is 4.90 Å².